The number of amides is 1. The number of methoxy groups -OCH3 is 2. The molecular formula is C24H39N3O7S. The molecule has 2 fully saturated rings. The highest BCUT2D eigenvalue weighted by Gasteiger charge is 2.49. The molecule has 35 heavy (non-hydrogen) atoms. The Morgan fingerprint density at radius 3 is 2.29 bits per heavy atom. The first-order valence-corrected chi connectivity index (χ1v) is 13.5. The molecule has 0 radical (unpaired) electrons. The van der Waals surface area contributed by atoms with Crippen LogP contribution in [-0.2, 0) is 26.2 Å². The van der Waals surface area contributed by atoms with Gasteiger partial charge in [0.1, 0.15) is 5.75 Å². The van der Waals surface area contributed by atoms with Crippen molar-refractivity contribution in [2.45, 2.75) is 75.9 Å². The van der Waals surface area contributed by atoms with Crippen LogP contribution in [0.3, 0.4) is 0 Å². The van der Waals surface area contributed by atoms with Gasteiger partial charge in [0.2, 0.25) is 0 Å². The summed E-state index contributed by atoms with van der Waals surface area (Å²) < 4.78 is 46.2. The summed E-state index contributed by atoms with van der Waals surface area (Å²) in [5, 5.41) is 9.81. The van der Waals surface area contributed by atoms with Crippen LogP contribution in [0, 0.1) is 0 Å². The van der Waals surface area contributed by atoms with Crippen LogP contribution in [0.4, 0.5) is 4.79 Å². The molecule has 0 spiro atoms. The Morgan fingerprint density at radius 2 is 1.74 bits per heavy atom. The summed E-state index contributed by atoms with van der Waals surface area (Å²) in [6.07, 6.45) is 2.44. The van der Waals surface area contributed by atoms with Gasteiger partial charge >= 0.3 is 6.09 Å². The van der Waals surface area contributed by atoms with E-state index in [0.29, 0.717) is 25.0 Å². The lowest BCUT2D eigenvalue weighted by atomic mass is 9.95. The molecule has 1 aliphatic carbocycles. The van der Waals surface area contributed by atoms with E-state index in [2.05, 4.69) is 0 Å². The summed E-state index contributed by atoms with van der Waals surface area (Å²) in [5.41, 5.74) is 0.807. The number of aliphatic hydroxyl groups excluding tert-OH is 1. The van der Waals surface area contributed by atoms with Crippen molar-refractivity contribution in [3.63, 3.8) is 0 Å². The molecule has 10 nitrogen and oxygen atoms in total. The second-order valence-electron chi connectivity index (χ2n) is 9.54. The first kappa shape index (κ1) is 27.7. The summed E-state index contributed by atoms with van der Waals surface area (Å²) in [6, 6.07) is 6.02. The van der Waals surface area contributed by atoms with Crippen LogP contribution in [0.1, 0.15) is 44.6 Å². The average Bonchev–Trinajstić information content (AvgIpc) is 3.17. The van der Waals surface area contributed by atoms with Crippen molar-refractivity contribution in [1.82, 2.24) is 13.5 Å². The largest absolute Gasteiger partial charge is 0.497 e. The number of carbonyl (C=O) groups is 1. The smallest absolute Gasteiger partial charge is 0.410 e. The van der Waals surface area contributed by atoms with Crippen LogP contribution < -0.4 is 4.74 Å². The van der Waals surface area contributed by atoms with Crippen LogP contribution >= 0.6 is 0 Å². The Hall–Kier alpha value is -1.92. The summed E-state index contributed by atoms with van der Waals surface area (Å²) >= 11 is 0. The third kappa shape index (κ3) is 6.45. The molecule has 1 aromatic carbocycles. The van der Waals surface area contributed by atoms with Gasteiger partial charge in [-0.3, -0.25) is 4.90 Å². The maximum absolute atomic E-state index is 13.5. The predicted octanol–water partition coefficient (Wildman–Crippen LogP) is 2.22. The molecule has 198 valence electrons. The Balaban J connectivity index is 1.91. The van der Waals surface area contributed by atoms with Crippen molar-refractivity contribution in [2.75, 3.05) is 34.9 Å². The Bertz CT molecular complexity index is 933. The first-order valence-electron chi connectivity index (χ1n) is 12.1. The predicted molar refractivity (Wildman–Crippen MR) is 131 cm³/mol. The van der Waals surface area contributed by atoms with E-state index in [0.717, 1.165) is 18.4 Å². The highest BCUT2D eigenvalue weighted by molar-refractivity contribution is 7.86. The average molecular weight is 514 g/mol. The van der Waals surface area contributed by atoms with E-state index in [1.165, 1.54) is 29.8 Å². The van der Waals surface area contributed by atoms with Crippen LogP contribution in [0.15, 0.2) is 24.3 Å². The van der Waals surface area contributed by atoms with E-state index in [1.54, 1.807) is 24.1 Å². The normalized spacial score (nSPS) is 27.4. The minimum Gasteiger partial charge on any atom is -0.497 e. The molecule has 1 saturated heterocycles. The van der Waals surface area contributed by atoms with Crippen molar-refractivity contribution in [3.05, 3.63) is 29.8 Å². The van der Waals surface area contributed by atoms with Gasteiger partial charge in [-0.2, -0.15) is 17.0 Å². The lowest BCUT2D eigenvalue weighted by molar-refractivity contribution is -0.0298. The third-order valence-electron chi connectivity index (χ3n) is 7.02. The van der Waals surface area contributed by atoms with Crippen molar-refractivity contribution >= 4 is 16.3 Å². The molecule has 1 heterocycles. The van der Waals surface area contributed by atoms with Gasteiger partial charge < -0.3 is 19.3 Å². The molecule has 1 aromatic rings. The second-order valence-corrected chi connectivity index (χ2v) is 11.6. The minimum atomic E-state index is -3.83. The van der Waals surface area contributed by atoms with Gasteiger partial charge in [-0.25, -0.2) is 4.79 Å². The van der Waals surface area contributed by atoms with Crippen molar-refractivity contribution in [1.29, 1.82) is 0 Å². The van der Waals surface area contributed by atoms with E-state index < -0.39 is 28.4 Å². The second kappa shape index (κ2) is 11.9. The van der Waals surface area contributed by atoms with Gasteiger partial charge in [0.05, 0.1) is 45.1 Å². The number of benzene rings is 1. The van der Waals surface area contributed by atoms with Crippen LogP contribution in [0.2, 0.25) is 0 Å². The fraction of sp³-hybridized carbons (Fsp3) is 0.708. The van der Waals surface area contributed by atoms with Gasteiger partial charge in [-0.15, -0.1) is 0 Å². The lowest BCUT2D eigenvalue weighted by Gasteiger charge is -2.36. The molecule has 0 unspecified atom stereocenters. The number of nitrogens with zero attached hydrogens (tertiary/aromatic N) is 3. The monoisotopic (exact) mass is 513 g/mol. The minimum absolute atomic E-state index is 0.0325. The van der Waals surface area contributed by atoms with Gasteiger partial charge in [0.25, 0.3) is 10.2 Å². The highest BCUT2D eigenvalue weighted by Crippen LogP contribution is 2.34. The summed E-state index contributed by atoms with van der Waals surface area (Å²) in [4.78, 5) is 14.3. The molecule has 11 heteroatoms. The Labute approximate surface area is 208 Å². The standard InChI is InChI=1S/C24H39N3O7S/c1-17-14-22(23(27(17)24(29)33-5)16-34-21-12-8-19(28)9-13-21)26(35(30,31)25(2)3)15-18-6-10-20(32-4)11-7-18/h6-7,10-11,17,19,21-23,28H,8-9,12-16H2,1-5H3/t17-,19?,21?,22+,23+/m1/s1. The fourth-order valence-corrected chi connectivity index (χ4v) is 6.29. The van der Waals surface area contributed by atoms with Gasteiger partial charge in [0, 0.05) is 26.7 Å². The van der Waals surface area contributed by atoms with Crippen LogP contribution in [-0.4, -0.2) is 98.4 Å². The van der Waals surface area contributed by atoms with E-state index in [9.17, 15) is 18.3 Å². The molecule has 3 rings (SSSR count). The maximum Gasteiger partial charge on any atom is 0.410 e. The van der Waals surface area contributed by atoms with Gasteiger partial charge in [-0.05, 0) is 56.7 Å². The number of hydrogen-bond acceptors (Lipinski definition) is 7. The molecule has 0 bridgehead atoms. The fourth-order valence-electron chi connectivity index (χ4n) is 4.99. The molecule has 1 aliphatic heterocycles. The topological polar surface area (TPSA) is 109 Å². The first-order chi connectivity index (χ1) is 16.6. The molecule has 1 N–H and O–H groups in total. The summed E-state index contributed by atoms with van der Waals surface area (Å²) in [5.74, 6) is 0.686. The SMILES string of the molecule is COC(=O)N1[C@H](C)C[C@H](N(Cc2ccc(OC)cc2)S(=O)(=O)N(C)C)[C@@H]1COC1CCC(O)CC1. The number of hydrogen-bond donors (Lipinski definition) is 1. The number of carbonyl (C=O) groups excluding carboxylic acids is 1. The van der Waals surface area contributed by atoms with Crippen molar-refractivity contribution < 1.29 is 32.5 Å². The van der Waals surface area contributed by atoms with Crippen LogP contribution in [0.25, 0.3) is 0 Å². The molecule has 1 amide bonds. The van der Waals surface area contributed by atoms with E-state index in [-0.39, 0.29) is 31.4 Å². The van der Waals surface area contributed by atoms with Crippen LogP contribution in [0.5, 0.6) is 5.75 Å². The number of rotatable bonds is 9. The molecule has 0 aromatic heterocycles. The molecule has 1 saturated carbocycles. The zero-order chi connectivity index (χ0) is 25.8. The number of ether oxygens (including phenoxy) is 3. The molecular weight excluding hydrogens is 474 g/mol. The van der Waals surface area contributed by atoms with Gasteiger partial charge in [0.15, 0.2) is 0 Å². The van der Waals surface area contributed by atoms with Crippen molar-refractivity contribution in [3.8, 4) is 5.75 Å². The molecule has 3 atom stereocenters. The Kier molecular flexibility index (Phi) is 9.39. The zero-order valence-electron chi connectivity index (χ0n) is 21.3. The quantitative estimate of drug-likeness (QED) is 0.539. The van der Waals surface area contributed by atoms with Gasteiger partial charge in [-0.1, -0.05) is 12.1 Å². The summed E-state index contributed by atoms with van der Waals surface area (Å²) in [6.45, 7) is 2.23. The Morgan fingerprint density at radius 1 is 1.11 bits per heavy atom. The van der Waals surface area contributed by atoms with E-state index >= 15 is 0 Å². The summed E-state index contributed by atoms with van der Waals surface area (Å²) in [7, 11) is 2.09. The maximum atomic E-state index is 13.5. The highest BCUT2D eigenvalue weighted by atomic mass is 32.2. The van der Waals surface area contributed by atoms with E-state index in [4.69, 9.17) is 14.2 Å². The van der Waals surface area contributed by atoms with E-state index in [1.807, 2.05) is 19.1 Å². The van der Waals surface area contributed by atoms with Crippen molar-refractivity contribution in [2.24, 2.45) is 0 Å². The zero-order valence-corrected chi connectivity index (χ0v) is 22.1. The number of aliphatic hydroxyl groups is 1. The third-order valence-corrected chi connectivity index (χ3v) is 8.93. The number of likely N-dealkylation sites (tertiary alicyclic amines) is 1. The lowest BCUT2D eigenvalue weighted by Crippen LogP contribution is -2.54. The molecule has 2 aliphatic rings.